The molecular weight excluding hydrogens is 228 g/mol. The van der Waals surface area contributed by atoms with Crippen molar-refractivity contribution in [1.29, 1.82) is 0 Å². The van der Waals surface area contributed by atoms with Crippen LogP contribution in [0.1, 0.15) is 23.4 Å². The average molecular weight is 240 g/mol. The fourth-order valence-electron chi connectivity index (χ4n) is 2.39. The highest BCUT2D eigenvalue weighted by molar-refractivity contribution is 6.10. The van der Waals surface area contributed by atoms with Crippen LogP contribution >= 0.6 is 0 Å². The third kappa shape index (κ3) is 1.32. The van der Waals surface area contributed by atoms with E-state index in [-0.39, 0.29) is 11.8 Å². The fourth-order valence-corrected chi connectivity index (χ4v) is 2.39. The van der Waals surface area contributed by atoms with Gasteiger partial charge in [0.2, 0.25) is 11.8 Å². The lowest BCUT2D eigenvalue weighted by molar-refractivity contribution is 0.0932. The van der Waals surface area contributed by atoms with Crippen molar-refractivity contribution < 1.29 is 9.59 Å². The highest BCUT2D eigenvalue weighted by Crippen LogP contribution is 2.27. The summed E-state index contributed by atoms with van der Waals surface area (Å²) < 4.78 is 3.22. The van der Waals surface area contributed by atoms with Gasteiger partial charge < -0.3 is 0 Å². The van der Waals surface area contributed by atoms with Gasteiger partial charge >= 0.3 is 0 Å². The number of benzene rings is 1. The molecule has 0 aliphatic rings. The number of aromatic nitrogens is 2. The van der Waals surface area contributed by atoms with E-state index in [1.807, 2.05) is 24.3 Å². The molecule has 3 aromatic rings. The summed E-state index contributed by atoms with van der Waals surface area (Å²) in [6.45, 7) is 3.06. The molecule has 0 unspecified atom stereocenters. The molecule has 2 aromatic heterocycles. The molecule has 4 nitrogen and oxygen atoms in total. The van der Waals surface area contributed by atoms with Gasteiger partial charge in [-0.05, 0) is 24.3 Å². The van der Waals surface area contributed by atoms with Gasteiger partial charge in [-0.3, -0.25) is 18.7 Å². The second kappa shape index (κ2) is 3.57. The zero-order chi connectivity index (χ0) is 12.9. The summed E-state index contributed by atoms with van der Waals surface area (Å²) in [5.74, 6) is -0.0364. The van der Waals surface area contributed by atoms with Crippen molar-refractivity contribution in [2.24, 2.45) is 0 Å². The molecule has 0 N–H and O–H groups in total. The van der Waals surface area contributed by atoms with Gasteiger partial charge in [-0.15, -0.1) is 0 Å². The number of carbonyl (C=O) groups excluding carboxylic acids is 2. The summed E-state index contributed by atoms with van der Waals surface area (Å²) in [5.41, 5.74) is 1.74. The minimum atomic E-state index is -0.0182. The second-order valence-electron chi connectivity index (χ2n) is 4.34. The van der Waals surface area contributed by atoms with Gasteiger partial charge in [0.15, 0.2) is 0 Å². The van der Waals surface area contributed by atoms with Crippen LogP contribution in [0.4, 0.5) is 0 Å². The first kappa shape index (κ1) is 10.8. The van der Waals surface area contributed by atoms with Gasteiger partial charge in [0.25, 0.3) is 0 Å². The Labute approximate surface area is 103 Å². The third-order valence-electron chi connectivity index (χ3n) is 3.22. The van der Waals surface area contributed by atoms with Gasteiger partial charge in [-0.1, -0.05) is 0 Å². The quantitative estimate of drug-likeness (QED) is 0.606. The summed E-state index contributed by atoms with van der Waals surface area (Å²) in [5, 5.41) is 1.98. The first-order valence-electron chi connectivity index (χ1n) is 5.72. The molecule has 18 heavy (non-hydrogen) atoms. The van der Waals surface area contributed by atoms with Gasteiger partial charge in [0.1, 0.15) is 0 Å². The van der Waals surface area contributed by atoms with Crippen molar-refractivity contribution >= 4 is 33.6 Å². The number of nitrogens with zero attached hydrogens (tertiary/aromatic N) is 2. The van der Waals surface area contributed by atoms with Gasteiger partial charge in [0.05, 0.1) is 11.0 Å². The normalized spacial score (nSPS) is 11.2. The lowest BCUT2D eigenvalue weighted by Crippen LogP contribution is -2.04. The molecule has 0 saturated carbocycles. The molecule has 90 valence electrons. The Kier molecular flexibility index (Phi) is 2.13. The fraction of sp³-hybridized carbons (Fsp3) is 0.143. The number of rotatable bonds is 0. The van der Waals surface area contributed by atoms with Crippen molar-refractivity contribution in [2.45, 2.75) is 13.8 Å². The zero-order valence-corrected chi connectivity index (χ0v) is 10.2. The van der Waals surface area contributed by atoms with Crippen molar-refractivity contribution in [2.75, 3.05) is 0 Å². The summed E-state index contributed by atoms with van der Waals surface area (Å²) in [6, 6.07) is 7.56. The topological polar surface area (TPSA) is 44.0 Å². The average Bonchev–Trinajstić information content (AvgIpc) is 2.91. The zero-order valence-electron chi connectivity index (χ0n) is 10.2. The maximum atomic E-state index is 11.5. The van der Waals surface area contributed by atoms with Crippen LogP contribution in [0.5, 0.6) is 0 Å². The van der Waals surface area contributed by atoms with E-state index in [4.69, 9.17) is 0 Å². The van der Waals surface area contributed by atoms with E-state index in [1.54, 1.807) is 21.5 Å². The highest BCUT2D eigenvalue weighted by atomic mass is 16.2. The van der Waals surface area contributed by atoms with E-state index in [0.29, 0.717) is 0 Å². The molecule has 0 amide bonds. The predicted molar refractivity (Wildman–Crippen MR) is 70.0 cm³/mol. The monoisotopic (exact) mass is 240 g/mol. The first-order valence-corrected chi connectivity index (χ1v) is 5.72. The predicted octanol–water partition coefficient (Wildman–Crippen LogP) is 2.92. The van der Waals surface area contributed by atoms with E-state index in [0.717, 1.165) is 21.8 Å². The molecule has 0 bridgehead atoms. The molecule has 0 radical (unpaired) electrons. The molecule has 1 aromatic carbocycles. The Morgan fingerprint density at radius 2 is 1.17 bits per heavy atom. The van der Waals surface area contributed by atoms with Crippen molar-refractivity contribution in [3.05, 3.63) is 36.7 Å². The standard InChI is InChI=1S/C14H12N2O2/c1-9(17)15-7-5-11-12-6-8-16(10(2)18)14(12)4-3-13(11)15/h3-8H,1-2H3. The summed E-state index contributed by atoms with van der Waals surface area (Å²) >= 11 is 0. The maximum absolute atomic E-state index is 11.5. The Morgan fingerprint density at radius 1 is 0.778 bits per heavy atom. The van der Waals surface area contributed by atoms with Crippen LogP contribution in [-0.2, 0) is 0 Å². The van der Waals surface area contributed by atoms with Crippen LogP contribution in [0.2, 0.25) is 0 Å². The van der Waals surface area contributed by atoms with E-state index in [1.165, 1.54) is 13.8 Å². The molecular formula is C14H12N2O2. The molecule has 0 fully saturated rings. The number of hydrogen-bond donors (Lipinski definition) is 0. The lowest BCUT2D eigenvalue weighted by atomic mass is 10.1. The minimum Gasteiger partial charge on any atom is -0.287 e. The van der Waals surface area contributed by atoms with Gasteiger partial charge in [0, 0.05) is 37.0 Å². The molecule has 0 saturated heterocycles. The molecule has 2 heterocycles. The van der Waals surface area contributed by atoms with Gasteiger partial charge in [-0.25, -0.2) is 0 Å². The molecule has 0 atom stereocenters. The lowest BCUT2D eigenvalue weighted by Gasteiger charge is -2.02. The number of fused-ring (bicyclic) bond motifs is 3. The van der Waals surface area contributed by atoms with Crippen molar-refractivity contribution in [1.82, 2.24) is 9.13 Å². The number of carbonyl (C=O) groups is 2. The third-order valence-corrected chi connectivity index (χ3v) is 3.22. The molecule has 0 aliphatic heterocycles. The maximum Gasteiger partial charge on any atom is 0.227 e. The highest BCUT2D eigenvalue weighted by Gasteiger charge is 2.11. The van der Waals surface area contributed by atoms with E-state index in [2.05, 4.69) is 0 Å². The smallest absolute Gasteiger partial charge is 0.227 e. The van der Waals surface area contributed by atoms with Crippen LogP contribution in [0, 0.1) is 0 Å². The van der Waals surface area contributed by atoms with Gasteiger partial charge in [-0.2, -0.15) is 0 Å². The Hall–Kier alpha value is -2.36. The minimum absolute atomic E-state index is 0.0182. The van der Waals surface area contributed by atoms with Crippen LogP contribution in [0.25, 0.3) is 21.8 Å². The molecule has 3 rings (SSSR count). The first-order chi connectivity index (χ1) is 8.59. The number of hydrogen-bond acceptors (Lipinski definition) is 2. The summed E-state index contributed by atoms with van der Waals surface area (Å²) in [6.07, 6.45) is 3.52. The SMILES string of the molecule is CC(=O)n1ccc2c3ccn(C(C)=O)c3ccc21. The Balaban J connectivity index is 2.42. The van der Waals surface area contributed by atoms with E-state index < -0.39 is 0 Å². The van der Waals surface area contributed by atoms with E-state index in [9.17, 15) is 9.59 Å². The molecule has 0 aliphatic carbocycles. The Morgan fingerprint density at radius 3 is 1.50 bits per heavy atom. The second-order valence-corrected chi connectivity index (χ2v) is 4.34. The van der Waals surface area contributed by atoms with Crippen LogP contribution in [0.15, 0.2) is 36.7 Å². The molecule has 0 spiro atoms. The van der Waals surface area contributed by atoms with Crippen molar-refractivity contribution in [3.8, 4) is 0 Å². The van der Waals surface area contributed by atoms with Crippen LogP contribution in [0.3, 0.4) is 0 Å². The summed E-state index contributed by atoms with van der Waals surface area (Å²) in [7, 11) is 0. The van der Waals surface area contributed by atoms with Crippen molar-refractivity contribution in [3.63, 3.8) is 0 Å². The largest absolute Gasteiger partial charge is 0.287 e. The summed E-state index contributed by atoms with van der Waals surface area (Å²) in [4.78, 5) is 22.9. The molecule has 4 heteroatoms. The van der Waals surface area contributed by atoms with Crippen LogP contribution in [-0.4, -0.2) is 20.9 Å². The van der Waals surface area contributed by atoms with E-state index >= 15 is 0 Å². The Bertz CT molecular complexity index is 725. The van der Waals surface area contributed by atoms with Crippen LogP contribution < -0.4 is 0 Å².